The summed E-state index contributed by atoms with van der Waals surface area (Å²) in [6.07, 6.45) is 4.00. The lowest BCUT2D eigenvalue weighted by Gasteiger charge is -2.08. The molecule has 2 rings (SSSR count). The molecule has 0 radical (unpaired) electrons. The molecule has 0 aliphatic heterocycles. The number of halogens is 1. The zero-order valence-electron chi connectivity index (χ0n) is 10.1. The summed E-state index contributed by atoms with van der Waals surface area (Å²) in [6.45, 7) is 1.91. The van der Waals surface area contributed by atoms with Crippen molar-refractivity contribution in [2.75, 3.05) is 20.6 Å². The highest BCUT2D eigenvalue weighted by molar-refractivity contribution is 9.10. The lowest BCUT2D eigenvalue weighted by molar-refractivity contribution is 0.373. The van der Waals surface area contributed by atoms with Crippen molar-refractivity contribution in [3.63, 3.8) is 0 Å². The summed E-state index contributed by atoms with van der Waals surface area (Å²) >= 11 is 3.56. The van der Waals surface area contributed by atoms with Gasteiger partial charge in [0.1, 0.15) is 0 Å². The van der Waals surface area contributed by atoms with Crippen LogP contribution < -0.4 is 0 Å². The largest absolute Gasteiger partial charge is 0.308 e. The number of aromatic nitrogens is 2. The molecule has 0 unspecified atom stereocenters. The number of rotatable bonds is 4. The van der Waals surface area contributed by atoms with Gasteiger partial charge in [-0.3, -0.25) is 4.68 Å². The Hall–Kier alpha value is -1.13. The van der Waals surface area contributed by atoms with Crippen LogP contribution in [0, 0.1) is 0 Å². The van der Waals surface area contributed by atoms with Crippen LogP contribution >= 0.6 is 15.9 Å². The Morgan fingerprint density at radius 3 is 2.76 bits per heavy atom. The maximum Gasteiger partial charge on any atom is 0.0568 e. The van der Waals surface area contributed by atoms with Gasteiger partial charge in [-0.15, -0.1) is 0 Å². The van der Waals surface area contributed by atoms with E-state index in [9.17, 15) is 0 Å². The summed E-state index contributed by atoms with van der Waals surface area (Å²) in [6, 6.07) is 8.20. The Balaban J connectivity index is 2.16. The minimum atomic E-state index is 0.914. The average Bonchev–Trinajstić information content (AvgIpc) is 2.75. The fraction of sp³-hybridized carbons (Fsp3) is 0.308. The molecule has 1 aromatic heterocycles. The number of likely N-dealkylation sites (N-methyl/N-ethyl adjacent to an activating group) is 1. The lowest BCUT2D eigenvalue weighted by Crippen LogP contribution is -2.18. The van der Waals surface area contributed by atoms with Crippen molar-refractivity contribution < 1.29 is 0 Å². The van der Waals surface area contributed by atoms with Crippen molar-refractivity contribution in [3.8, 4) is 11.1 Å². The van der Waals surface area contributed by atoms with Crippen LogP contribution in [0.2, 0.25) is 0 Å². The molecule has 1 heterocycles. The molecule has 2 aromatic rings. The Morgan fingerprint density at radius 1 is 1.29 bits per heavy atom. The predicted molar refractivity (Wildman–Crippen MR) is 73.9 cm³/mol. The van der Waals surface area contributed by atoms with Crippen molar-refractivity contribution in [2.45, 2.75) is 6.54 Å². The van der Waals surface area contributed by atoms with E-state index in [0.29, 0.717) is 0 Å². The molecular formula is C13H16BrN3. The highest BCUT2D eigenvalue weighted by atomic mass is 79.9. The smallest absolute Gasteiger partial charge is 0.0568 e. The van der Waals surface area contributed by atoms with Crippen LogP contribution in [0.25, 0.3) is 11.1 Å². The Labute approximate surface area is 110 Å². The normalized spacial score (nSPS) is 11.1. The molecule has 17 heavy (non-hydrogen) atoms. The van der Waals surface area contributed by atoms with E-state index in [4.69, 9.17) is 0 Å². The van der Waals surface area contributed by atoms with Crippen molar-refractivity contribution >= 4 is 15.9 Å². The molecule has 0 N–H and O–H groups in total. The summed E-state index contributed by atoms with van der Waals surface area (Å²) in [5, 5.41) is 4.37. The van der Waals surface area contributed by atoms with Gasteiger partial charge in [0, 0.05) is 22.8 Å². The second-order valence-electron chi connectivity index (χ2n) is 4.28. The first-order valence-electron chi connectivity index (χ1n) is 5.59. The summed E-state index contributed by atoms with van der Waals surface area (Å²) < 4.78 is 3.08. The van der Waals surface area contributed by atoms with Crippen LogP contribution in [0.5, 0.6) is 0 Å². The Morgan fingerprint density at radius 2 is 2.06 bits per heavy atom. The number of nitrogens with zero attached hydrogens (tertiary/aromatic N) is 3. The van der Waals surface area contributed by atoms with Crippen molar-refractivity contribution in [3.05, 3.63) is 41.1 Å². The maximum atomic E-state index is 4.37. The molecule has 0 fully saturated rings. The van der Waals surface area contributed by atoms with Gasteiger partial charge in [-0.05, 0) is 25.7 Å². The average molecular weight is 294 g/mol. The molecule has 0 atom stereocenters. The third kappa shape index (κ3) is 3.17. The Kier molecular flexibility index (Phi) is 3.97. The van der Waals surface area contributed by atoms with E-state index in [1.807, 2.05) is 29.1 Å². The fourth-order valence-electron chi connectivity index (χ4n) is 1.62. The summed E-state index contributed by atoms with van der Waals surface area (Å²) in [5.41, 5.74) is 2.33. The molecule has 0 spiro atoms. The SMILES string of the molecule is CN(C)CCn1cc(-c2ccccc2Br)cn1. The number of hydrogen-bond acceptors (Lipinski definition) is 2. The second kappa shape index (κ2) is 5.47. The van der Waals surface area contributed by atoms with Gasteiger partial charge in [-0.2, -0.15) is 5.10 Å². The van der Waals surface area contributed by atoms with Crippen LogP contribution in [0.4, 0.5) is 0 Å². The topological polar surface area (TPSA) is 21.1 Å². The van der Waals surface area contributed by atoms with Gasteiger partial charge in [0.05, 0.1) is 12.7 Å². The lowest BCUT2D eigenvalue weighted by atomic mass is 10.1. The van der Waals surface area contributed by atoms with Gasteiger partial charge in [0.15, 0.2) is 0 Å². The number of hydrogen-bond donors (Lipinski definition) is 0. The van der Waals surface area contributed by atoms with Crippen molar-refractivity contribution in [1.29, 1.82) is 0 Å². The van der Waals surface area contributed by atoms with E-state index in [0.717, 1.165) is 23.1 Å². The van der Waals surface area contributed by atoms with Gasteiger partial charge in [0.2, 0.25) is 0 Å². The molecule has 0 saturated heterocycles. The molecule has 1 aromatic carbocycles. The van der Waals surface area contributed by atoms with Gasteiger partial charge in [-0.1, -0.05) is 34.1 Å². The molecule has 0 aliphatic carbocycles. The molecule has 0 bridgehead atoms. The molecule has 3 nitrogen and oxygen atoms in total. The Bertz CT molecular complexity index is 491. The van der Waals surface area contributed by atoms with Crippen LogP contribution in [0.1, 0.15) is 0 Å². The standard InChI is InChI=1S/C13H16BrN3/c1-16(2)7-8-17-10-11(9-15-17)12-5-3-4-6-13(12)14/h3-6,9-10H,7-8H2,1-2H3. The van der Waals surface area contributed by atoms with Gasteiger partial charge < -0.3 is 4.90 Å². The molecule has 0 aliphatic rings. The number of benzene rings is 1. The van der Waals surface area contributed by atoms with Crippen LogP contribution in [-0.4, -0.2) is 35.3 Å². The molecule has 4 heteroatoms. The van der Waals surface area contributed by atoms with Gasteiger partial charge >= 0.3 is 0 Å². The highest BCUT2D eigenvalue weighted by Crippen LogP contribution is 2.27. The van der Waals surface area contributed by atoms with Crippen molar-refractivity contribution in [1.82, 2.24) is 14.7 Å². The fourth-order valence-corrected chi connectivity index (χ4v) is 2.14. The van der Waals surface area contributed by atoms with E-state index >= 15 is 0 Å². The maximum absolute atomic E-state index is 4.37. The molecular weight excluding hydrogens is 278 g/mol. The second-order valence-corrected chi connectivity index (χ2v) is 5.13. The van der Waals surface area contributed by atoms with E-state index in [2.05, 4.69) is 52.3 Å². The minimum absolute atomic E-state index is 0.914. The van der Waals surface area contributed by atoms with E-state index in [-0.39, 0.29) is 0 Å². The third-order valence-corrected chi connectivity index (χ3v) is 3.29. The molecule has 0 saturated carbocycles. The zero-order chi connectivity index (χ0) is 12.3. The van der Waals surface area contributed by atoms with Gasteiger partial charge in [0.25, 0.3) is 0 Å². The first-order valence-corrected chi connectivity index (χ1v) is 6.38. The first kappa shape index (κ1) is 12.3. The summed E-state index contributed by atoms with van der Waals surface area (Å²) in [4.78, 5) is 2.15. The minimum Gasteiger partial charge on any atom is -0.308 e. The summed E-state index contributed by atoms with van der Waals surface area (Å²) in [5.74, 6) is 0. The van der Waals surface area contributed by atoms with Crippen LogP contribution in [0.15, 0.2) is 41.1 Å². The summed E-state index contributed by atoms with van der Waals surface area (Å²) in [7, 11) is 4.14. The van der Waals surface area contributed by atoms with E-state index in [1.54, 1.807) is 0 Å². The monoisotopic (exact) mass is 293 g/mol. The van der Waals surface area contributed by atoms with Crippen LogP contribution in [0.3, 0.4) is 0 Å². The first-order chi connectivity index (χ1) is 8.16. The quantitative estimate of drug-likeness (QED) is 0.864. The molecule has 90 valence electrons. The van der Waals surface area contributed by atoms with Crippen molar-refractivity contribution in [2.24, 2.45) is 0 Å². The van der Waals surface area contributed by atoms with E-state index in [1.165, 1.54) is 5.56 Å². The predicted octanol–water partition coefficient (Wildman–Crippen LogP) is 2.87. The van der Waals surface area contributed by atoms with Crippen LogP contribution in [-0.2, 0) is 6.54 Å². The highest BCUT2D eigenvalue weighted by Gasteiger charge is 2.05. The molecule has 0 amide bonds. The zero-order valence-corrected chi connectivity index (χ0v) is 11.7. The van der Waals surface area contributed by atoms with E-state index < -0.39 is 0 Å². The third-order valence-electron chi connectivity index (χ3n) is 2.59. The van der Waals surface area contributed by atoms with Gasteiger partial charge in [-0.25, -0.2) is 0 Å².